The van der Waals surface area contributed by atoms with Gasteiger partial charge in [-0.2, -0.15) is 5.10 Å². The first-order valence-corrected chi connectivity index (χ1v) is 11.2. The Morgan fingerprint density at radius 2 is 1.90 bits per heavy atom. The molecule has 0 bridgehead atoms. The number of fused-ring (bicyclic) bond motifs is 2. The van der Waals surface area contributed by atoms with E-state index in [0.29, 0.717) is 12.8 Å². The molecule has 29 heavy (non-hydrogen) atoms. The molecule has 5 rings (SSSR count). The second kappa shape index (κ2) is 7.16. The maximum atomic E-state index is 10.9. The molecule has 152 valence electrons. The molecular weight excluding hydrogens is 382 g/mol. The summed E-state index contributed by atoms with van der Waals surface area (Å²) in [6.07, 6.45) is 1.40. The van der Waals surface area contributed by atoms with Gasteiger partial charge in [0.05, 0.1) is 26.5 Å². The number of nitrogens with one attached hydrogen (secondary N) is 3. The minimum Gasteiger partial charge on any atom is -0.385 e. The Labute approximate surface area is 173 Å². The molecule has 0 radical (unpaired) electrons. The van der Waals surface area contributed by atoms with Crippen LogP contribution in [0.5, 0.6) is 0 Å². The third kappa shape index (κ3) is 3.13. The fourth-order valence-corrected chi connectivity index (χ4v) is 5.39. The van der Waals surface area contributed by atoms with E-state index in [-0.39, 0.29) is 0 Å². The quantitative estimate of drug-likeness (QED) is 0.398. The Morgan fingerprint density at radius 1 is 1.10 bits per heavy atom. The third-order valence-electron chi connectivity index (χ3n) is 6.24. The van der Waals surface area contributed by atoms with Crippen LogP contribution in [-0.4, -0.2) is 46.5 Å². The molecule has 4 N–H and O–H groups in total. The Kier molecular flexibility index (Phi) is 4.61. The normalized spacial score (nSPS) is 15.6. The van der Waals surface area contributed by atoms with Gasteiger partial charge in [0.25, 0.3) is 0 Å². The lowest BCUT2D eigenvalue weighted by Crippen LogP contribution is -2.43. The number of H-pyrrole nitrogens is 2. The Balaban J connectivity index is 1.53. The predicted molar refractivity (Wildman–Crippen MR) is 121 cm³/mol. The topological polar surface area (TPSA) is 80.0 Å². The highest BCUT2D eigenvalue weighted by Gasteiger charge is 2.25. The molecule has 3 aromatic heterocycles. The fourth-order valence-electron chi connectivity index (χ4n) is 4.23. The van der Waals surface area contributed by atoms with Crippen molar-refractivity contribution in [2.45, 2.75) is 32.3 Å². The number of benzene rings is 1. The molecule has 0 spiro atoms. The van der Waals surface area contributed by atoms with E-state index in [4.69, 9.17) is 0 Å². The zero-order valence-electron chi connectivity index (χ0n) is 16.9. The van der Waals surface area contributed by atoms with E-state index in [1.165, 1.54) is 9.70 Å². The second-order valence-electron chi connectivity index (χ2n) is 7.86. The molecule has 4 aromatic rings. The predicted octanol–water partition coefficient (Wildman–Crippen LogP) is 4.19. The molecule has 1 aromatic carbocycles. The van der Waals surface area contributed by atoms with Crippen molar-refractivity contribution in [3.63, 3.8) is 0 Å². The first-order chi connectivity index (χ1) is 14.1. The second-order valence-corrected chi connectivity index (χ2v) is 8.89. The van der Waals surface area contributed by atoms with E-state index in [0.717, 1.165) is 59.5 Å². The van der Waals surface area contributed by atoms with Gasteiger partial charge in [-0.3, -0.25) is 5.10 Å². The molecule has 0 unspecified atom stereocenters. The van der Waals surface area contributed by atoms with Gasteiger partial charge in [-0.1, -0.05) is 26.0 Å². The highest BCUT2D eigenvalue weighted by atomic mass is 32.1. The molecule has 1 fully saturated rings. The van der Waals surface area contributed by atoms with Crippen LogP contribution in [0.25, 0.3) is 32.5 Å². The summed E-state index contributed by atoms with van der Waals surface area (Å²) in [4.78, 5) is 5.97. The SMILES string of the molecule is CCC(O)(CC)c1ccc2cc(-c3n[nH]c4cc(N5CCNCC5)sc34)[nH]c2c1. The van der Waals surface area contributed by atoms with Crippen molar-refractivity contribution >= 4 is 37.5 Å². The van der Waals surface area contributed by atoms with Crippen LogP contribution in [0, 0.1) is 0 Å². The minimum atomic E-state index is -0.773. The molecule has 1 aliphatic heterocycles. The Hall–Kier alpha value is -2.35. The van der Waals surface area contributed by atoms with Crippen molar-refractivity contribution in [1.29, 1.82) is 0 Å². The van der Waals surface area contributed by atoms with E-state index >= 15 is 0 Å². The zero-order chi connectivity index (χ0) is 20.0. The molecule has 0 atom stereocenters. The molecule has 1 aliphatic rings. The van der Waals surface area contributed by atoms with Gasteiger partial charge in [-0.15, -0.1) is 11.3 Å². The molecule has 1 saturated heterocycles. The summed E-state index contributed by atoms with van der Waals surface area (Å²) >= 11 is 1.80. The summed E-state index contributed by atoms with van der Waals surface area (Å²) in [5.41, 5.74) is 4.29. The van der Waals surface area contributed by atoms with Crippen LogP contribution < -0.4 is 10.2 Å². The van der Waals surface area contributed by atoms with Crippen LogP contribution in [0.1, 0.15) is 32.3 Å². The van der Waals surface area contributed by atoms with Crippen molar-refractivity contribution < 1.29 is 5.11 Å². The average molecular weight is 410 g/mol. The van der Waals surface area contributed by atoms with Crippen LogP contribution >= 0.6 is 11.3 Å². The summed E-state index contributed by atoms with van der Waals surface area (Å²) in [5, 5.41) is 24.5. The number of thiophene rings is 1. The monoisotopic (exact) mass is 409 g/mol. The lowest BCUT2D eigenvalue weighted by atomic mass is 9.88. The van der Waals surface area contributed by atoms with E-state index in [2.05, 4.69) is 49.7 Å². The summed E-state index contributed by atoms with van der Waals surface area (Å²) < 4.78 is 1.18. The lowest BCUT2D eigenvalue weighted by molar-refractivity contribution is 0.0285. The Bertz CT molecular complexity index is 1150. The smallest absolute Gasteiger partial charge is 0.126 e. The number of hydrogen-bond donors (Lipinski definition) is 4. The van der Waals surface area contributed by atoms with E-state index in [9.17, 15) is 5.11 Å². The van der Waals surface area contributed by atoms with Gasteiger partial charge in [-0.05, 0) is 36.6 Å². The number of piperazine rings is 1. The van der Waals surface area contributed by atoms with Crippen molar-refractivity contribution in [2.24, 2.45) is 0 Å². The van der Waals surface area contributed by atoms with Gasteiger partial charge in [0.2, 0.25) is 0 Å². The van der Waals surface area contributed by atoms with E-state index in [1.54, 1.807) is 11.3 Å². The molecule has 0 amide bonds. The van der Waals surface area contributed by atoms with Crippen LogP contribution in [0.4, 0.5) is 5.00 Å². The largest absolute Gasteiger partial charge is 0.385 e. The van der Waals surface area contributed by atoms with Gasteiger partial charge in [-0.25, -0.2) is 0 Å². The number of rotatable bonds is 5. The summed E-state index contributed by atoms with van der Waals surface area (Å²) in [6, 6.07) is 10.6. The first kappa shape index (κ1) is 18.7. The van der Waals surface area contributed by atoms with E-state index < -0.39 is 5.60 Å². The number of anilines is 1. The van der Waals surface area contributed by atoms with E-state index in [1.807, 2.05) is 19.9 Å². The van der Waals surface area contributed by atoms with Crippen molar-refractivity contribution in [3.05, 3.63) is 35.9 Å². The minimum absolute atomic E-state index is 0.701. The van der Waals surface area contributed by atoms with Gasteiger partial charge in [0.1, 0.15) is 5.69 Å². The van der Waals surface area contributed by atoms with Crippen LogP contribution in [0.15, 0.2) is 30.3 Å². The molecule has 0 saturated carbocycles. The van der Waals surface area contributed by atoms with Gasteiger partial charge >= 0.3 is 0 Å². The van der Waals surface area contributed by atoms with Gasteiger partial charge in [0.15, 0.2) is 0 Å². The molecular formula is C22H27N5OS. The highest BCUT2D eigenvalue weighted by Crippen LogP contribution is 2.38. The van der Waals surface area contributed by atoms with Crippen LogP contribution in [0.2, 0.25) is 0 Å². The maximum Gasteiger partial charge on any atom is 0.126 e. The number of aliphatic hydroxyl groups is 1. The number of aromatic amines is 2. The fraction of sp³-hybridized carbons (Fsp3) is 0.409. The standard InChI is InChI=1S/C22H27N5OS/c1-3-22(28,4-2)15-6-5-14-11-17(24-16(14)12-15)20-21-18(25-26-20)13-19(29-21)27-9-7-23-8-10-27/h5-6,11-13,23-24,28H,3-4,7-10H2,1-2H3,(H,25,26). The van der Waals surface area contributed by atoms with Crippen LogP contribution in [-0.2, 0) is 5.60 Å². The maximum absolute atomic E-state index is 10.9. The molecule has 6 nitrogen and oxygen atoms in total. The Morgan fingerprint density at radius 3 is 2.66 bits per heavy atom. The van der Waals surface area contributed by atoms with Crippen molar-refractivity contribution in [1.82, 2.24) is 20.5 Å². The number of nitrogens with zero attached hydrogens (tertiary/aromatic N) is 2. The summed E-state index contributed by atoms with van der Waals surface area (Å²) in [7, 11) is 0. The highest BCUT2D eigenvalue weighted by molar-refractivity contribution is 7.23. The van der Waals surface area contributed by atoms with Crippen LogP contribution in [0.3, 0.4) is 0 Å². The molecule has 7 heteroatoms. The molecule has 0 aliphatic carbocycles. The van der Waals surface area contributed by atoms with Gasteiger partial charge in [0, 0.05) is 37.1 Å². The zero-order valence-corrected chi connectivity index (χ0v) is 17.7. The molecule has 4 heterocycles. The number of aromatic nitrogens is 3. The third-order valence-corrected chi connectivity index (χ3v) is 7.44. The summed E-state index contributed by atoms with van der Waals surface area (Å²) in [6.45, 7) is 8.20. The average Bonchev–Trinajstić information content (AvgIpc) is 3.46. The lowest BCUT2D eigenvalue weighted by Gasteiger charge is -2.27. The van der Waals surface area contributed by atoms with Crippen molar-refractivity contribution in [2.75, 3.05) is 31.1 Å². The summed E-state index contributed by atoms with van der Waals surface area (Å²) in [5.74, 6) is 0. The first-order valence-electron chi connectivity index (χ1n) is 10.4. The number of hydrogen-bond acceptors (Lipinski definition) is 5. The van der Waals surface area contributed by atoms with Gasteiger partial charge < -0.3 is 20.3 Å². The van der Waals surface area contributed by atoms with Crippen molar-refractivity contribution in [3.8, 4) is 11.4 Å².